The van der Waals surface area contributed by atoms with Gasteiger partial charge in [-0.05, 0) is 25.3 Å². The molecule has 0 bridgehead atoms. The Balaban J connectivity index is 2.49. The summed E-state index contributed by atoms with van der Waals surface area (Å²) in [5.41, 5.74) is 0. The normalized spacial score (nSPS) is 33.2. The van der Waals surface area contributed by atoms with E-state index >= 15 is 0 Å². The third kappa shape index (κ3) is 1.48. The fourth-order valence-corrected chi connectivity index (χ4v) is 1.46. The average Bonchev–Trinajstić information content (AvgIpc) is 2.04. The van der Waals surface area contributed by atoms with Crippen molar-refractivity contribution in [3.63, 3.8) is 0 Å². The lowest BCUT2D eigenvalue weighted by Gasteiger charge is -2.27. The van der Waals surface area contributed by atoms with Crippen LogP contribution < -0.4 is 5.32 Å². The molecule has 0 aromatic rings. The minimum absolute atomic E-state index is 0.464. The van der Waals surface area contributed by atoms with Gasteiger partial charge in [-0.15, -0.1) is 13.2 Å². The topological polar surface area (TPSA) is 12.0 Å². The summed E-state index contributed by atoms with van der Waals surface area (Å²) in [5.74, 6) is 0.603. The van der Waals surface area contributed by atoms with E-state index in [1.165, 1.54) is 12.8 Å². The van der Waals surface area contributed by atoms with E-state index in [9.17, 15) is 0 Å². The molecule has 1 saturated heterocycles. The molecule has 1 nitrogen and oxygen atoms in total. The fourth-order valence-electron chi connectivity index (χ4n) is 1.46. The van der Waals surface area contributed by atoms with Gasteiger partial charge in [0.05, 0.1) is 0 Å². The van der Waals surface area contributed by atoms with E-state index in [1.54, 1.807) is 0 Å². The van der Waals surface area contributed by atoms with Crippen molar-refractivity contribution in [2.75, 3.05) is 6.54 Å². The summed E-state index contributed by atoms with van der Waals surface area (Å²) in [5, 5.41) is 3.38. The van der Waals surface area contributed by atoms with Gasteiger partial charge < -0.3 is 5.32 Å². The highest BCUT2D eigenvalue weighted by atomic mass is 14.9. The van der Waals surface area contributed by atoms with Gasteiger partial charge in [0.2, 0.25) is 0 Å². The lowest BCUT2D eigenvalue weighted by molar-refractivity contribution is 0.376. The summed E-state index contributed by atoms with van der Waals surface area (Å²) in [7, 11) is 0. The fraction of sp³-hybridized carbons (Fsp3) is 0.556. The zero-order chi connectivity index (χ0) is 7.40. The Hall–Kier alpha value is -0.560. The molecule has 1 heteroatoms. The first-order valence-electron chi connectivity index (χ1n) is 3.87. The zero-order valence-corrected chi connectivity index (χ0v) is 6.34. The Bertz CT molecular complexity index is 113. The summed E-state index contributed by atoms with van der Waals surface area (Å²) in [4.78, 5) is 0. The average molecular weight is 137 g/mol. The number of nitrogens with one attached hydrogen (secondary N) is 1. The third-order valence-electron chi connectivity index (χ3n) is 2.11. The molecule has 10 heavy (non-hydrogen) atoms. The maximum Gasteiger partial charge on any atom is 0.0310 e. The van der Waals surface area contributed by atoms with Crippen molar-refractivity contribution in [2.24, 2.45) is 5.92 Å². The van der Waals surface area contributed by atoms with E-state index in [4.69, 9.17) is 0 Å². The van der Waals surface area contributed by atoms with Crippen molar-refractivity contribution in [1.29, 1.82) is 0 Å². The molecule has 0 amide bonds. The van der Waals surface area contributed by atoms with Crippen LogP contribution in [0.15, 0.2) is 25.3 Å². The van der Waals surface area contributed by atoms with Crippen LogP contribution in [0.2, 0.25) is 0 Å². The largest absolute Gasteiger partial charge is 0.310 e. The maximum atomic E-state index is 3.79. The summed E-state index contributed by atoms with van der Waals surface area (Å²) in [6.07, 6.45) is 6.53. The van der Waals surface area contributed by atoms with Gasteiger partial charge in [0.1, 0.15) is 0 Å². The summed E-state index contributed by atoms with van der Waals surface area (Å²) >= 11 is 0. The molecule has 1 heterocycles. The smallest absolute Gasteiger partial charge is 0.0310 e. The molecule has 0 aliphatic carbocycles. The summed E-state index contributed by atoms with van der Waals surface area (Å²) < 4.78 is 0. The van der Waals surface area contributed by atoms with Crippen molar-refractivity contribution < 1.29 is 0 Å². The van der Waals surface area contributed by atoms with Crippen molar-refractivity contribution in [1.82, 2.24) is 5.32 Å². The predicted octanol–water partition coefficient (Wildman–Crippen LogP) is 1.73. The highest BCUT2D eigenvalue weighted by molar-refractivity contribution is 5.00. The Kier molecular flexibility index (Phi) is 2.69. The SMILES string of the molecule is C=CC1CCCNC1C=C. The van der Waals surface area contributed by atoms with E-state index in [2.05, 4.69) is 18.5 Å². The maximum absolute atomic E-state index is 3.79. The van der Waals surface area contributed by atoms with E-state index in [0.29, 0.717) is 12.0 Å². The Labute approximate surface area is 62.8 Å². The molecular weight excluding hydrogens is 122 g/mol. The standard InChI is InChI=1S/C9H15N/c1-3-8-6-5-7-10-9(8)4-2/h3-4,8-10H,1-2,5-7H2. The highest BCUT2D eigenvalue weighted by Crippen LogP contribution is 2.17. The second-order valence-electron chi connectivity index (χ2n) is 2.76. The molecule has 0 aromatic carbocycles. The van der Waals surface area contributed by atoms with Gasteiger partial charge >= 0.3 is 0 Å². The van der Waals surface area contributed by atoms with Gasteiger partial charge in [-0.3, -0.25) is 0 Å². The van der Waals surface area contributed by atoms with Crippen LogP contribution in [-0.4, -0.2) is 12.6 Å². The van der Waals surface area contributed by atoms with Crippen LogP contribution in [0.5, 0.6) is 0 Å². The first-order chi connectivity index (χ1) is 4.88. The molecule has 2 unspecified atom stereocenters. The quantitative estimate of drug-likeness (QED) is 0.571. The van der Waals surface area contributed by atoms with E-state index in [-0.39, 0.29) is 0 Å². The number of rotatable bonds is 2. The lowest BCUT2D eigenvalue weighted by Crippen LogP contribution is -2.38. The van der Waals surface area contributed by atoms with Crippen LogP contribution in [-0.2, 0) is 0 Å². The number of hydrogen-bond acceptors (Lipinski definition) is 1. The molecule has 0 aromatic heterocycles. The second-order valence-corrected chi connectivity index (χ2v) is 2.76. The van der Waals surface area contributed by atoms with E-state index in [1.807, 2.05) is 12.2 Å². The van der Waals surface area contributed by atoms with Gasteiger partial charge in [0.15, 0.2) is 0 Å². The van der Waals surface area contributed by atoms with Crippen molar-refractivity contribution >= 4 is 0 Å². The monoisotopic (exact) mass is 137 g/mol. The molecule has 1 rings (SSSR count). The number of piperidine rings is 1. The van der Waals surface area contributed by atoms with Crippen LogP contribution >= 0.6 is 0 Å². The van der Waals surface area contributed by atoms with E-state index < -0.39 is 0 Å². The Morgan fingerprint density at radius 1 is 1.30 bits per heavy atom. The van der Waals surface area contributed by atoms with Crippen molar-refractivity contribution in [3.8, 4) is 0 Å². The van der Waals surface area contributed by atoms with Crippen LogP contribution in [0.25, 0.3) is 0 Å². The molecule has 1 aliphatic heterocycles. The van der Waals surface area contributed by atoms with Gasteiger partial charge in [-0.1, -0.05) is 12.2 Å². The highest BCUT2D eigenvalue weighted by Gasteiger charge is 2.18. The lowest BCUT2D eigenvalue weighted by atomic mass is 9.91. The van der Waals surface area contributed by atoms with Crippen molar-refractivity contribution in [3.05, 3.63) is 25.3 Å². The molecular formula is C9H15N. The molecule has 0 saturated carbocycles. The van der Waals surface area contributed by atoms with Gasteiger partial charge in [-0.25, -0.2) is 0 Å². The first kappa shape index (κ1) is 7.55. The molecule has 1 aliphatic rings. The van der Waals surface area contributed by atoms with Gasteiger partial charge in [0.25, 0.3) is 0 Å². The molecule has 2 atom stereocenters. The summed E-state index contributed by atoms with van der Waals surface area (Å²) in [6.45, 7) is 8.69. The number of hydrogen-bond donors (Lipinski definition) is 1. The Morgan fingerprint density at radius 2 is 2.10 bits per heavy atom. The third-order valence-corrected chi connectivity index (χ3v) is 2.11. The minimum atomic E-state index is 0.464. The van der Waals surface area contributed by atoms with Crippen molar-refractivity contribution in [2.45, 2.75) is 18.9 Å². The molecule has 56 valence electrons. The zero-order valence-electron chi connectivity index (χ0n) is 6.34. The van der Waals surface area contributed by atoms with Crippen LogP contribution in [0.3, 0.4) is 0 Å². The molecule has 0 radical (unpaired) electrons. The van der Waals surface area contributed by atoms with E-state index in [0.717, 1.165) is 6.54 Å². The van der Waals surface area contributed by atoms with Gasteiger partial charge in [-0.2, -0.15) is 0 Å². The first-order valence-corrected chi connectivity index (χ1v) is 3.87. The minimum Gasteiger partial charge on any atom is -0.310 e. The molecule has 0 spiro atoms. The Morgan fingerprint density at radius 3 is 2.60 bits per heavy atom. The summed E-state index contributed by atoms with van der Waals surface area (Å²) in [6, 6.07) is 0.464. The predicted molar refractivity (Wildman–Crippen MR) is 44.9 cm³/mol. The molecule has 1 fully saturated rings. The van der Waals surface area contributed by atoms with Crippen LogP contribution in [0, 0.1) is 5.92 Å². The van der Waals surface area contributed by atoms with Crippen LogP contribution in [0.4, 0.5) is 0 Å². The van der Waals surface area contributed by atoms with Crippen LogP contribution in [0.1, 0.15) is 12.8 Å². The second kappa shape index (κ2) is 3.57. The molecule has 1 N–H and O–H groups in total. The van der Waals surface area contributed by atoms with Gasteiger partial charge in [0, 0.05) is 6.04 Å².